The smallest absolute Gasteiger partial charge is 0.273 e. The lowest BCUT2D eigenvalue weighted by molar-refractivity contribution is -0.123. The van der Waals surface area contributed by atoms with E-state index in [1.165, 1.54) is 16.2 Å². The first-order valence-electron chi connectivity index (χ1n) is 11.6. The van der Waals surface area contributed by atoms with Gasteiger partial charge in [0.1, 0.15) is 4.88 Å². The SMILES string of the molecule is CC(C)c1ccc(N(C(=O)c2snc(C(N)=O)c2N)C(C(=O)NC2CCCC2)c2cccs2)cc1. The third-order valence-electron chi connectivity index (χ3n) is 6.23. The van der Waals surface area contributed by atoms with Crippen LogP contribution in [0.25, 0.3) is 0 Å². The van der Waals surface area contributed by atoms with Crippen LogP contribution in [0.3, 0.4) is 0 Å². The van der Waals surface area contributed by atoms with Crippen LogP contribution in [0.4, 0.5) is 11.4 Å². The molecular formula is C25H29N5O3S2. The second kappa shape index (κ2) is 10.6. The van der Waals surface area contributed by atoms with Gasteiger partial charge in [-0.15, -0.1) is 11.3 Å². The number of nitrogens with two attached hydrogens (primary N) is 2. The zero-order valence-corrected chi connectivity index (χ0v) is 21.3. The van der Waals surface area contributed by atoms with Gasteiger partial charge in [0.05, 0.1) is 5.69 Å². The van der Waals surface area contributed by atoms with Crippen molar-refractivity contribution < 1.29 is 14.4 Å². The van der Waals surface area contributed by atoms with Crippen molar-refractivity contribution in [2.24, 2.45) is 5.73 Å². The molecule has 1 aliphatic rings. The average Bonchev–Trinajstić information content (AvgIpc) is 3.59. The molecule has 35 heavy (non-hydrogen) atoms. The summed E-state index contributed by atoms with van der Waals surface area (Å²) in [6.07, 6.45) is 3.98. The van der Waals surface area contributed by atoms with Crippen LogP contribution in [0.1, 0.15) is 82.1 Å². The quantitative estimate of drug-likeness (QED) is 0.411. The van der Waals surface area contributed by atoms with E-state index >= 15 is 0 Å². The first-order valence-corrected chi connectivity index (χ1v) is 13.3. The Morgan fingerprint density at radius 3 is 2.34 bits per heavy atom. The van der Waals surface area contributed by atoms with Crippen LogP contribution in [0.15, 0.2) is 41.8 Å². The predicted octanol–water partition coefficient (Wildman–Crippen LogP) is 4.46. The molecule has 0 spiro atoms. The van der Waals surface area contributed by atoms with Gasteiger partial charge in [0, 0.05) is 16.6 Å². The number of hydrogen-bond acceptors (Lipinski definition) is 7. The number of benzene rings is 1. The molecule has 1 unspecified atom stereocenters. The van der Waals surface area contributed by atoms with Crippen molar-refractivity contribution in [1.29, 1.82) is 0 Å². The summed E-state index contributed by atoms with van der Waals surface area (Å²) in [7, 11) is 0. The van der Waals surface area contributed by atoms with E-state index in [9.17, 15) is 14.4 Å². The molecule has 0 aliphatic heterocycles. The third-order valence-corrected chi connectivity index (χ3v) is 8.01. The number of nitrogens with zero attached hydrogens (tertiary/aromatic N) is 2. The number of carbonyl (C=O) groups is 3. The summed E-state index contributed by atoms with van der Waals surface area (Å²) in [4.78, 5) is 41.7. The van der Waals surface area contributed by atoms with E-state index in [1.54, 1.807) is 0 Å². The van der Waals surface area contributed by atoms with Crippen molar-refractivity contribution in [3.8, 4) is 0 Å². The maximum absolute atomic E-state index is 14.0. The molecular weight excluding hydrogens is 482 g/mol. The van der Waals surface area contributed by atoms with Crippen molar-refractivity contribution in [3.05, 3.63) is 62.8 Å². The maximum Gasteiger partial charge on any atom is 0.273 e. The van der Waals surface area contributed by atoms with Crippen molar-refractivity contribution in [3.63, 3.8) is 0 Å². The second-order valence-electron chi connectivity index (χ2n) is 8.97. The van der Waals surface area contributed by atoms with Crippen molar-refractivity contribution in [1.82, 2.24) is 9.69 Å². The van der Waals surface area contributed by atoms with Crippen LogP contribution in [-0.4, -0.2) is 28.1 Å². The van der Waals surface area contributed by atoms with Crippen LogP contribution in [0.5, 0.6) is 0 Å². The molecule has 3 amide bonds. The number of hydrogen-bond donors (Lipinski definition) is 3. The molecule has 0 radical (unpaired) electrons. The van der Waals surface area contributed by atoms with Gasteiger partial charge >= 0.3 is 0 Å². The van der Waals surface area contributed by atoms with Crippen molar-refractivity contribution in [2.45, 2.75) is 57.5 Å². The zero-order valence-electron chi connectivity index (χ0n) is 19.7. The van der Waals surface area contributed by atoms with Gasteiger partial charge in [0.25, 0.3) is 11.8 Å². The molecule has 2 aromatic heterocycles. The molecule has 1 atom stereocenters. The number of amides is 3. The first-order chi connectivity index (χ1) is 16.8. The Hall–Kier alpha value is -3.24. The summed E-state index contributed by atoms with van der Waals surface area (Å²) in [5.41, 5.74) is 12.9. The molecule has 1 saturated carbocycles. The van der Waals surface area contributed by atoms with Crippen LogP contribution in [0, 0.1) is 0 Å². The monoisotopic (exact) mass is 511 g/mol. The molecule has 5 N–H and O–H groups in total. The Kier molecular flexibility index (Phi) is 7.51. The minimum absolute atomic E-state index is 0.0713. The van der Waals surface area contributed by atoms with E-state index in [4.69, 9.17) is 11.5 Å². The fraction of sp³-hybridized carbons (Fsp3) is 0.360. The summed E-state index contributed by atoms with van der Waals surface area (Å²) in [5.74, 6) is -1.26. The van der Waals surface area contributed by atoms with Gasteiger partial charge in [0.2, 0.25) is 5.91 Å². The molecule has 2 heterocycles. The van der Waals surface area contributed by atoms with Gasteiger partial charge in [-0.1, -0.05) is 44.9 Å². The van der Waals surface area contributed by atoms with E-state index in [2.05, 4.69) is 23.5 Å². The van der Waals surface area contributed by atoms with Crippen molar-refractivity contribution in [2.75, 3.05) is 10.6 Å². The van der Waals surface area contributed by atoms with Gasteiger partial charge in [0.15, 0.2) is 11.7 Å². The maximum atomic E-state index is 14.0. The summed E-state index contributed by atoms with van der Waals surface area (Å²) in [6, 6.07) is 10.4. The fourth-order valence-electron chi connectivity index (χ4n) is 4.31. The van der Waals surface area contributed by atoms with Gasteiger partial charge in [-0.05, 0) is 59.4 Å². The number of nitrogens with one attached hydrogen (secondary N) is 1. The largest absolute Gasteiger partial charge is 0.395 e. The van der Waals surface area contributed by atoms with Gasteiger partial charge in [-0.2, -0.15) is 4.37 Å². The fourth-order valence-corrected chi connectivity index (χ4v) is 5.87. The van der Waals surface area contributed by atoms with E-state index in [0.717, 1.165) is 47.7 Å². The minimum Gasteiger partial charge on any atom is -0.395 e. The Balaban J connectivity index is 1.81. The van der Waals surface area contributed by atoms with E-state index in [-0.39, 0.29) is 28.2 Å². The summed E-state index contributed by atoms with van der Waals surface area (Å²) in [6.45, 7) is 4.18. The highest BCUT2D eigenvalue weighted by Gasteiger charge is 2.37. The third kappa shape index (κ3) is 5.23. The number of primary amides is 1. The Morgan fingerprint density at radius 2 is 1.80 bits per heavy atom. The van der Waals surface area contributed by atoms with E-state index in [1.807, 2.05) is 41.8 Å². The van der Waals surface area contributed by atoms with Crippen LogP contribution in [0.2, 0.25) is 0 Å². The molecule has 1 aromatic carbocycles. The number of anilines is 2. The molecule has 0 bridgehead atoms. The lowest BCUT2D eigenvalue weighted by atomic mass is 10.0. The Morgan fingerprint density at radius 1 is 1.11 bits per heavy atom. The van der Waals surface area contributed by atoms with Gasteiger partial charge in [-0.3, -0.25) is 19.3 Å². The molecule has 3 aromatic rings. The number of carbonyl (C=O) groups excluding carboxylic acids is 3. The normalized spacial score (nSPS) is 14.7. The van der Waals surface area contributed by atoms with Crippen LogP contribution in [-0.2, 0) is 4.79 Å². The molecule has 8 nitrogen and oxygen atoms in total. The minimum atomic E-state index is -0.911. The highest BCUT2D eigenvalue weighted by molar-refractivity contribution is 7.10. The van der Waals surface area contributed by atoms with E-state index in [0.29, 0.717) is 11.6 Å². The topological polar surface area (TPSA) is 131 Å². The van der Waals surface area contributed by atoms with Gasteiger partial charge < -0.3 is 16.8 Å². The Bertz CT molecular complexity index is 1200. The highest BCUT2D eigenvalue weighted by Crippen LogP contribution is 2.35. The molecule has 1 fully saturated rings. The summed E-state index contributed by atoms with van der Waals surface area (Å²) < 4.78 is 4.00. The molecule has 1 aliphatic carbocycles. The second-order valence-corrected chi connectivity index (χ2v) is 10.7. The molecule has 4 rings (SSSR count). The average molecular weight is 512 g/mol. The highest BCUT2D eigenvalue weighted by atomic mass is 32.1. The van der Waals surface area contributed by atoms with Crippen LogP contribution >= 0.6 is 22.9 Å². The number of rotatable bonds is 8. The number of aromatic nitrogens is 1. The lowest BCUT2D eigenvalue weighted by Gasteiger charge is -2.31. The van der Waals surface area contributed by atoms with E-state index < -0.39 is 17.9 Å². The molecule has 184 valence electrons. The Labute approximate surface area is 212 Å². The predicted molar refractivity (Wildman–Crippen MR) is 140 cm³/mol. The van der Waals surface area contributed by atoms with Crippen molar-refractivity contribution >= 4 is 52.0 Å². The number of nitrogen functional groups attached to an aromatic ring is 1. The summed E-state index contributed by atoms with van der Waals surface area (Å²) >= 11 is 2.21. The molecule has 0 saturated heterocycles. The molecule has 10 heteroatoms. The lowest BCUT2D eigenvalue weighted by Crippen LogP contribution is -2.46. The zero-order chi connectivity index (χ0) is 25.1. The van der Waals surface area contributed by atoms with Crippen LogP contribution < -0.4 is 21.7 Å². The van der Waals surface area contributed by atoms with Gasteiger partial charge in [-0.25, -0.2) is 0 Å². The standard InChI is InChI=1S/C25H29N5O3S2/c1-14(2)15-9-11-17(12-10-15)30(25(33)22-19(26)20(23(27)31)29-35-22)21(18-8-5-13-34-18)24(32)28-16-6-3-4-7-16/h5,8-14,16,21H,3-4,6-7,26H2,1-2H3,(H2,27,31)(H,28,32). The number of thiophene rings is 1. The summed E-state index contributed by atoms with van der Waals surface area (Å²) in [5, 5.41) is 5.02. The first kappa shape index (κ1) is 24.9.